The van der Waals surface area contributed by atoms with Crippen molar-refractivity contribution in [3.8, 4) is 28.4 Å². The van der Waals surface area contributed by atoms with E-state index in [1.807, 2.05) is 18.2 Å². The summed E-state index contributed by atoms with van der Waals surface area (Å²) in [5.74, 6) is 1.77. The third kappa shape index (κ3) is 4.82. The van der Waals surface area contributed by atoms with Gasteiger partial charge in [0.25, 0.3) is 0 Å². The Morgan fingerprint density at radius 3 is 2.50 bits per heavy atom. The van der Waals surface area contributed by atoms with Gasteiger partial charge in [0.15, 0.2) is 5.76 Å². The van der Waals surface area contributed by atoms with Crippen molar-refractivity contribution in [2.45, 2.75) is 26.7 Å². The number of furan rings is 1. The number of carbonyl (C=O) groups is 1. The largest absolute Gasteiger partial charge is 0.508 e. The van der Waals surface area contributed by atoms with Crippen LogP contribution in [0.4, 0.5) is 0 Å². The van der Waals surface area contributed by atoms with Crippen molar-refractivity contribution >= 4 is 16.8 Å². The molecular formula is C30H31NO5. The Morgan fingerprint density at radius 1 is 1.03 bits per heavy atom. The topological polar surface area (TPSA) is 72.1 Å². The van der Waals surface area contributed by atoms with E-state index in [4.69, 9.17) is 13.9 Å². The molecule has 3 aromatic carbocycles. The molecule has 0 atom stereocenters. The van der Waals surface area contributed by atoms with Crippen molar-refractivity contribution in [2.24, 2.45) is 0 Å². The Kier molecular flexibility index (Phi) is 6.96. The van der Waals surface area contributed by atoms with Crippen molar-refractivity contribution in [1.82, 2.24) is 4.90 Å². The molecular weight excluding hydrogens is 454 g/mol. The molecule has 0 fully saturated rings. The van der Waals surface area contributed by atoms with Crippen LogP contribution < -0.4 is 9.47 Å². The summed E-state index contributed by atoms with van der Waals surface area (Å²) in [5, 5.41) is 10.7. The number of nitrogens with zero attached hydrogens (tertiary/aromatic N) is 1. The number of benzene rings is 3. The molecule has 0 bridgehead atoms. The van der Waals surface area contributed by atoms with Crippen LogP contribution in [-0.4, -0.2) is 48.6 Å². The third-order valence-corrected chi connectivity index (χ3v) is 6.77. The van der Waals surface area contributed by atoms with Gasteiger partial charge in [-0.3, -0.25) is 4.79 Å². The van der Waals surface area contributed by atoms with E-state index >= 15 is 0 Å². The normalized spacial score (nSPS) is 13.0. The number of phenolic OH excluding ortho intramolecular Hbond substituents is 1. The molecule has 6 heteroatoms. The average Bonchev–Trinajstić information content (AvgIpc) is 3.28. The van der Waals surface area contributed by atoms with Gasteiger partial charge in [-0.2, -0.15) is 0 Å². The fourth-order valence-corrected chi connectivity index (χ4v) is 4.68. The Labute approximate surface area is 211 Å². The first-order valence-electron chi connectivity index (χ1n) is 12.6. The summed E-state index contributed by atoms with van der Waals surface area (Å²) in [4.78, 5) is 16.0. The molecule has 186 valence electrons. The number of phenols is 1. The molecule has 0 aliphatic carbocycles. The number of fused-ring (bicyclic) bond motifs is 2. The zero-order chi connectivity index (χ0) is 25.1. The van der Waals surface area contributed by atoms with Gasteiger partial charge in [0.05, 0.1) is 6.61 Å². The summed E-state index contributed by atoms with van der Waals surface area (Å²) >= 11 is 0. The lowest BCUT2D eigenvalue weighted by Gasteiger charge is -2.18. The number of aromatic hydroxyl groups is 1. The molecule has 1 aromatic heterocycles. The SMILES string of the molecule is CCN(CC)CCOc1ccc(C(=O)c2oc3cc4c(cc3c2-c2ccc(O)cc2)CCCO4)cc1. The summed E-state index contributed by atoms with van der Waals surface area (Å²) < 4.78 is 17.9. The lowest BCUT2D eigenvalue weighted by Crippen LogP contribution is -2.27. The molecule has 0 radical (unpaired) electrons. The Hall–Kier alpha value is -3.77. The van der Waals surface area contributed by atoms with Gasteiger partial charge in [-0.25, -0.2) is 0 Å². The highest BCUT2D eigenvalue weighted by atomic mass is 16.5. The van der Waals surface area contributed by atoms with Gasteiger partial charge in [-0.15, -0.1) is 0 Å². The monoisotopic (exact) mass is 485 g/mol. The van der Waals surface area contributed by atoms with E-state index in [1.54, 1.807) is 36.4 Å². The van der Waals surface area contributed by atoms with Crippen molar-refractivity contribution in [2.75, 3.05) is 32.8 Å². The molecule has 0 spiro atoms. The maximum absolute atomic E-state index is 13.7. The number of ether oxygens (including phenoxy) is 2. The van der Waals surface area contributed by atoms with Gasteiger partial charge in [0, 0.05) is 29.1 Å². The summed E-state index contributed by atoms with van der Waals surface area (Å²) in [6, 6.07) is 18.0. The summed E-state index contributed by atoms with van der Waals surface area (Å²) in [7, 11) is 0. The van der Waals surface area contributed by atoms with Crippen LogP contribution in [0.2, 0.25) is 0 Å². The summed E-state index contributed by atoms with van der Waals surface area (Å²) in [5.41, 5.74) is 3.77. The van der Waals surface area contributed by atoms with Gasteiger partial charge in [-0.1, -0.05) is 26.0 Å². The van der Waals surface area contributed by atoms with Crippen LogP contribution in [0.5, 0.6) is 17.2 Å². The molecule has 4 aromatic rings. The van der Waals surface area contributed by atoms with Crippen LogP contribution in [0.1, 0.15) is 41.9 Å². The number of hydrogen-bond donors (Lipinski definition) is 1. The van der Waals surface area contributed by atoms with Crippen LogP contribution >= 0.6 is 0 Å². The minimum absolute atomic E-state index is 0.168. The first-order chi connectivity index (χ1) is 17.6. The van der Waals surface area contributed by atoms with E-state index in [0.717, 1.165) is 66.1 Å². The summed E-state index contributed by atoms with van der Waals surface area (Å²) in [6.45, 7) is 8.38. The Balaban J connectivity index is 1.47. The van der Waals surface area contributed by atoms with Gasteiger partial charge >= 0.3 is 0 Å². The fraction of sp³-hybridized carbons (Fsp3) is 0.300. The van der Waals surface area contributed by atoms with Gasteiger partial charge in [0.2, 0.25) is 5.78 Å². The molecule has 0 amide bonds. The van der Waals surface area contributed by atoms with Crippen molar-refractivity contribution in [3.05, 3.63) is 77.6 Å². The van der Waals surface area contributed by atoms with E-state index in [9.17, 15) is 9.90 Å². The number of aryl methyl sites for hydroxylation is 1. The highest BCUT2D eigenvalue weighted by Crippen LogP contribution is 2.40. The number of carbonyl (C=O) groups excluding carboxylic acids is 1. The second-order valence-corrected chi connectivity index (χ2v) is 8.99. The second-order valence-electron chi connectivity index (χ2n) is 8.99. The van der Waals surface area contributed by atoms with Gasteiger partial charge in [-0.05, 0) is 79.5 Å². The lowest BCUT2D eigenvalue weighted by molar-refractivity contribution is 0.101. The number of rotatable bonds is 9. The molecule has 1 aliphatic heterocycles. The van der Waals surface area contributed by atoms with E-state index in [0.29, 0.717) is 24.4 Å². The summed E-state index contributed by atoms with van der Waals surface area (Å²) in [6.07, 6.45) is 1.88. The number of likely N-dealkylation sites (N-methyl/N-ethyl adjacent to an activating group) is 1. The Bertz CT molecular complexity index is 1350. The van der Waals surface area contributed by atoms with E-state index in [-0.39, 0.29) is 17.3 Å². The predicted molar refractivity (Wildman–Crippen MR) is 140 cm³/mol. The molecule has 0 saturated carbocycles. The molecule has 2 heterocycles. The zero-order valence-corrected chi connectivity index (χ0v) is 20.8. The van der Waals surface area contributed by atoms with Gasteiger partial charge < -0.3 is 23.9 Å². The Morgan fingerprint density at radius 2 is 1.78 bits per heavy atom. The molecule has 0 saturated heterocycles. The standard InChI is InChI=1S/C30H31NO5/c1-3-31(4-2)15-17-34-24-13-9-21(10-14-24)29(33)30-28(20-7-11-23(32)12-8-20)25-18-22-6-5-16-35-26(22)19-27(25)36-30/h7-14,18-19,32H,3-6,15-17H2,1-2H3. The number of hydrogen-bond acceptors (Lipinski definition) is 6. The van der Waals surface area contributed by atoms with Gasteiger partial charge in [0.1, 0.15) is 29.4 Å². The molecule has 6 nitrogen and oxygen atoms in total. The van der Waals surface area contributed by atoms with E-state index in [1.165, 1.54) is 0 Å². The van der Waals surface area contributed by atoms with Crippen LogP contribution in [0, 0.1) is 0 Å². The average molecular weight is 486 g/mol. The minimum atomic E-state index is -0.206. The van der Waals surface area contributed by atoms with Crippen LogP contribution in [0.15, 0.2) is 65.1 Å². The van der Waals surface area contributed by atoms with E-state index < -0.39 is 0 Å². The molecule has 36 heavy (non-hydrogen) atoms. The molecule has 5 rings (SSSR count). The van der Waals surface area contributed by atoms with Crippen LogP contribution in [0.3, 0.4) is 0 Å². The second kappa shape index (κ2) is 10.5. The zero-order valence-electron chi connectivity index (χ0n) is 20.8. The number of ketones is 1. The van der Waals surface area contributed by atoms with E-state index in [2.05, 4.69) is 24.8 Å². The fourth-order valence-electron chi connectivity index (χ4n) is 4.68. The third-order valence-electron chi connectivity index (χ3n) is 6.77. The van der Waals surface area contributed by atoms with Crippen molar-refractivity contribution in [3.63, 3.8) is 0 Å². The molecule has 1 N–H and O–H groups in total. The maximum atomic E-state index is 13.7. The van der Waals surface area contributed by atoms with Crippen LogP contribution in [-0.2, 0) is 6.42 Å². The first kappa shape index (κ1) is 23.9. The highest BCUT2D eigenvalue weighted by Gasteiger charge is 2.25. The van der Waals surface area contributed by atoms with Crippen molar-refractivity contribution < 1.29 is 23.8 Å². The first-order valence-corrected chi connectivity index (χ1v) is 12.6. The molecule has 0 unspecified atom stereocenters. The lowest BCUT2D eigenvalue weighted by atomic mass is 9.95. The maximum Gasteiger partial charge on any atom is 0.228 e. The quantitative estimate of drug-likeness (QED) is 0.290. The minimum Gasteiger partial charge on any atom is -0.508 e. The van der Waals surface area contributed by atoms with Crippen molar-refractivity contribution in [1.29, 1.82) is 0 Å². The predicted octanol–water partition coefficient (Wildman–Crippen LogP) is 6.08. The molecule has 1 aliphatic rings. The van der Waals surface area contributed by atoms with Crippen LogP contribution in [0.25, 0.3) is 22.1 Å². The highest BCUT2D eigenvalue weighted by molar-refractivity contribution is 6.16. The smallest absolute Gasteiger partial charge is 0.228 e.